The van der Waals surface area contributed by atoms with Crippen molar-refractivity contribution in [3.05, 3.63) is 23.8 Å². The fourth-order valence-electron chi connectivity index (χ4n) is 3.88. The summed E-state index contributed by atoms with van der Waals surface area (Å²) < 4.78 is 16.6. The maximum Gasteiger partial charge on any atom is 0.409 e. The van der Waals surface area contributed by atoms with Gasteiger partial charge in [0.1, 0.15) is 6.10 Å². The van der Waals surface area contributed by atoms with E-state index in [9.17, 15) is 9.59 Å². The fraction of sp³-hybridized carbons (Fsp3) is 0.636. The maximum atomic E-state index is 12.7. The summed E-state index contributed by atoms with van der Waals surface area (Å²) in [5.74, 6) is 1.10. The molecule has 2 aliphatic rings. The first kappa shape index (κ1) is 22.2. The monoisotopic (exact) mass is 419 g/mol. The zero-order valence-electron chi connectivity index (χ0n) is 18.2. The maximum absolute atomic E-state index is 12.7. The van der Waals surface area contributed by atoms with E-state index in [1.54, 1.807) is 31.1 Å². The molecule has 2 fully saturated rings. The molecule has 2 aliphatic heterocycles. The average molecular weight is 420 g/mol. The Morgan fingerprint density at radius 3 is 2.40 bits per heavy atom. The van der Waals surface area contributed by atoms with E-state index in [0.29, 0.717) is 49.6 Å². The number of likely N-dealkylation sites (tertiary alicyclic amines) is 2. The molecule has 0 unspecified atom stereocenters. The van der Waals surface area contributed by atoms with Gasteiger partial charge >= 0.3 is 6.09 Å². The number of hydrogen-bond acceptors (Lipinski definition) is 6. The molecule has 8 nitrogen and oxygen atoms in total. The predicted octanol–water partition coefficient (Wildman–Crippen LogP) is 2.52. The fourth-order valence-corrected chi connectivity index (χ4v) is 3.88. The van der Waals surface area contributed by atoms with Gasteiger partial charge in [0.2, 0.25) is 0 Å². The zero-order chi connectivity index (χ0) is 21.5. The Labute approximate surface area is 178 Å². The summed E-state index contributed by atoms with van der Waals surface area (Å²) in [5, 5.41) is 3.06. The number of methoxy groups -OCH3 is 1. The summed E-state index contributed by atoms with van der Waals surface area (Å²) in [6.45, 7) is 5.36. The van der Waals surface area contributed by atoms with Gasteiger partial charge in [0, 0.05) is 37.8 Å². The number of piperidine rings is 2. The molecule has 3 rings (SSSR count). The van der Waals surface area contributed by atoms with Crippen LogP contribution in [0, 0.1) is 0 Å². The van der Waals surface area contributed by atoms with Crippen LogP contribution in [0.3, 0.4) is 0 Å². The van der Waals surface area contributed by atoms with E-state index < -0.39 is 0 Å². The number of amides is 2. The Kier molecular flexibility index (Phi) is 7.79. The molecule has 0 saturated carbocycles. The molecule has 0 spiro atoms. The smallest absolute Gasteiger partial charge is 0.409 e. The summed E-state index contributed by atoms with van der Waals surface area (Å²) in [6, 6.07) is 5.35. The van der Waals surface area contributed by atoms with E-state index in [1.165, 1.54) is 0 Å². The van der Waals surface area contributed by atoms with E-state index in [0.717, 1.165) is 25.9 Å². The second kappa shape index (κ2) is 10.5. The lowest BCUT2D eigenvalue weighted by Crippen LogP contribution is -2.46. The Bertz CT molecular complexity index is 725. The molecule has 1 aromatic carbocycles. The van der Waals surface area contributed by atoms with Crippen LogP contribution in [-0.4, -0.2) is 80.9 Å². The van der Waals surface area contributed by atoms with E-state index in [1.807, 2.05) is 6.07 Å². The molecule has 1 aromatic rings. The third-order valence-electron chi connectivity index (χ3n) is 5.74. The standard InChI is InChI=1S/C22H33N3O5/c1-4-29-22(27)25-13-7-17(8-14-25)23-21(26)16-5-6-19(20(15-16)28-3)30-18-9-11-24(2)12-10-18/h5-6,15,17-18H,4,7-14H2,1-3H3,(H,23,26). The summed E-state index contributed by atoms with van der Waals surface area (Å²) in [5.41, 5.74) is 0.537. The van der Waals surface area contributed by atoms with Crippen molar-refractivity contribution < 1.29 is 23.8 Å². The topological polar surface area (TPSA) is 80.3 Å². The molecule has 0 radical (unpaired) electrons. The number of ether oxygens (including phenoxy) is 3. The molecule has 0 aliphatic carbocycles. The number of nitrogens with one attached hydrogen (secondary N) is 1. The molecule has 2 amide bonds. The second-order valence-electron chi connectivity index (χ2n) is 7.92. The first-order valence-electron chi connectivity index (χ1n) is 10.8. The number of carbonyl (C=O) groups is 2. The molecular formula is C22H33N3O5. The number of benzene rings is 1. The molecule has 0 atom stereocenters. The molecule has 1 N–H and O–H groups in total. The summed E-state index contributed by atoms with van der Waals surface area (Å²) in [7, 11) is 3.70. The number of nitrogens with zero attached hydrogens (tertiary/aromatic N) is 2. The molecule has 166 valence electrons. The third kappa shape index (κ3) is 5.78. The van der Waals surface area contributed by atoms with Crippen LogP contribution in [0.2, 0.25) is 0 Å². The largest absolute Gasteiger partial charge is 0.493 e. The molecular weight excluding hydrogens is 386 g/mol. The molecule has 30 heavy (non-hydrogen) atoms. The Hall–Kier alpha value is -2.48. The molecule has 8 heteroatoms. The van der Waals surface area contributed by atoms with E-state index in [4.69, 9.17) is 14.2 Å². The van der Waals surface area contributed by atoms with Crippen molar-refractivity contribution in [3.63, 3.8) is 0 Å². The highest BCUT2D eigenvalue weighted by molar-refractivity contribution is 5.95. The van der Waals surface area contributed by atoms with Crippen molar-refractivity contribution in [3.8, 4) is 11.5 Å². The lowest BCUT2D eigenvalue weighted by Gasteiger charge is -2.31. The van der Waals surface area contributed by atoms with Crippen molar-refractivity contribution in [2.24, 2.45) is 0 Å². The molecule has 2 saturated heterocycles. The SMILES string of the molecule is CCOC(=O)N1CCC(NC(=O)c2ccc(OC3CCN(C)CC3)c(OC)c2)CC1. The first-order chi connectivity index (χ1) is 14.5. The van der Waals surface area contributed by atoms with Crippen LogP contribution in [0.15, 0.2) is 18.2 Å². The Balaban J connectivity index is 1.54. The second-order valence-corrected chi connectivity index (χ2v) is 7.92. The summed E-state index contributed by atoms with van der Waals surface area (Å²) in [4.78, 5) is 28.5. The molecule has 2 heterocycles. The van der Waals surface area contributed by atoms with Crippen molar-refractivity contribution in [1.82, 2.24) is 15.1 Å². The normalized spacial score (nSPS) is 18.7. The van der Waals surface area contributed by atoms with Gasteiger partial charge in [-0.25, -0.2) is 4.79 Å². The quantitative estimate of drug-likeness (QED) is 0.763. The lowest BCUT2D eigenvalue weighted by atomic mass is 10.0. The van der Waals surface area contributed by atoms with Crippen LogP contribution < -0.4 is 14.8 Å². The minimum absolute atomic E-state index is 0.0318. The third-order valence-corrected chi connectivity index (χ3v) is 5.74. The number of rotatable bonds is 6. The van der Waals surface area contributed by atoms with Crippen LogP contribution in [-0.2, 0) is 4.74 Å². The first-order valence-corrected chi connectivity index (χ1v) is 10.8. The van der Waals surface area contributed by atoms with Crippen LogP contribution in [0.1, 0.15) is 43.0 Å². The Morgan fingerprint density at radius 1 is 1.07 bits per heavy atom. The highest BCUT2D eigenvalue weighted by atomic mass is 16.6. The van der Waals surface area contributed by atoms with Crippen molar-refractivity contribution in [2.75, 3.05) is 46.9 Å². The zero-order valence-corrected chi connectivity index (χ0v) is 18.2. The van der Waals surface area contributed by atoms with Crippen molar-refractivity contribution in [1.29, 1.82) is 0 Å². The van der Waals surface area contributed by atoms with Crippen LogP contribution in [0.25, 0.3) is 0 Å². The minimum Gasteiger partial charge on any atom is -0.493 e. The average Bonchev–Trinajstić information content (AvgIpc) is 2.76. The lowest BCUT2D eigenvalue weighted by molar-refractivity contribution is 0.0859. The van der Waals surface area contributed by atoms with Crippen LogP contribution >= 0.6 is 0 Å². The van der Waals surface area contributed by atoms with Gasteiger partial charge in [-0.3, -0.25) is 4.79 Å². The van der Waals surface area contributed by atoms with E-state index >= 15 is 0 Å². The van der Waals surface area contributed by atoms with Crippen LogP contribution in [0.4, 0.5) is 4.79 Å². The van der Waals surface area contributed by atoms with E-state index in [-0.39, 0.29) is 24.1 Å². The highest BCUT2D eigenvalue weighted by Gasteiger charge is 2.25. The van der Waals surface area contributed by atoms with Gasteiger partial charge in [-0.15, -0.1) is 0 Å². The Morgan fingerprint density at radius 2 is 1.77 bits per heavy atom. The van der Waals surface area contributed by atoms with Gasteiger partial charge in [0.25, 0.3) is 5.91 Å². The van der Waals surface area contributed by atoms with Gasteiger partial charge < -0.3 is 29.3 Å². The van der Waals surface area contributed by atoms with E-state index in [2.05, 4.69) is 17.3 Å². The number of hydrogen-bond donors (Lipinski definition) is 1. The predicted molar refractivity (Wildman–Crippen MR) is 113 cm³/mol. The van der Waals surface area contributed by atoms with Crippen LogP contribution in [0.5, 0.6) is 11.5 Å². The number of carbonyl (C=O) groups excluding carboxylic acids is 2. The van der Waals surface area contributed by atoms with Gasteiger partial charge in [0.05, 0.1) is 13.7 Å². The molecule has 0 bridgehead atoms. The van der Waals surface area contributed by atoms with Gasteiger partial charge in [-0.2, -0.15) is 0 Å². The summed E-state index contributed by atoms with van der Waals surface area (Å²) in [6.07, 6.45) is 3.25. The van der Waals surface area contributed by atoms with Crippen molar-refractivity contribution in [2.45, 2.75) is 44.8 Å². The molecule has 0 aromatic heterocycles. The van der Waals surface area contributed by atoms with Gasteiger partial charge in [0.15, 0.2) is 11.5 Å². The van der Waals surface area contributed by atoms with Gasteiger partial charge in [-0.05, 0) is 57.9 Å². The minimum atomic E-state index is -0.285. The summed E-state index contributed by atoms with van der Waals surface area (Å²) >= 11 is 0. The van der Waals surface area contributed by atoms with Crippen molar-refractivity contribution >= 4 is 12.0 Å². The van der Waals surface area contributed by atoms with Gasteiger partial charge in [-0.1, -0.05) is 0 Å². The highest BCUT2D eigenvalue weighted by Crippen LogP contribution is 2.30.